The Morgan fingerprint density at radius 2 is 1.87 bits per heavy atom. The summed E-state index contributed by atoms with van der Waals surface area (Å²) < 4.78 is 0. The smallest absolute Gasteiger partial charge is 0.142 e. The molecule has 0 unspecified atom stereocenters. The van der Waals surface area contributed by atoms with E-state index in [2.05, 4.69) is 0 Å². The second-order valence-corrected chi connectivity index (χ2v) is 6.04. The Labute approximate surface area is 90.0 Å². The van der Waals surface area contributed by atoms with Crippen LogP contribution in [0.4, 0.5) is 0 Å². The normalized spacial score (nSPS) is 52.5. The topological polar surface area (TPSA) is 63.3 Å². The third-order valence-corrected chi connectivity index (χ3v) is 4.77. The number of rotatable bonds is 2. The van der Waals surface area contributed by atoms with E-state index >= 15 is 0 Å². The van der Waals surface area contributed by atoms with E-state index in [1.807, 2.05) is 0 Å². The van der Waals surface area contributed by atoms with Gasteiger partial charge in [0.2, 0.25) is 0 Å². The van der Waals surface area contributed by atoms with Gasteiger partial charge in [0.25, 0.3) is 0 Å². The predicted molar refractivity (Wildman–Crippen MR) is 55.6 cm³/mol. The molecule has 0 heterocycles. The summed E-state index contributed by atoms with van der Waals surface area (Å²) in [7, 11) is 0. The molecule has 83 valence electrons. The molecule has 4 saturated carbocycles. The summed E-state index contributed by atoms with van der Waals surface area (Å²) in [6, 6.07) is 0.482. The van der Waals surface area contributed by atoms with E-state index in [9.17, 15) is 9.90 Å². The van der Waals surface area contributed by atoms with E-state index in [-0.39, 0.29) is 5.41 Å². The van der Waals surface area contributed by atoms with Crippen molar-refractivity contribution in [1.82, 2.24) is 0 Å². The van der Waals surface area contributed by atoms with Crippen molar-refractivity contribution in [2.24, 2.45) is 23.0 Å². The lowest BCUT2D eigenvalue weighted by molar-refractivity contribution is -0.159. The quantitative estimate of drug-likeness (QED) is 0.666. The fourth-order valence-electron chi connectivity index (χ4n) is 4.68. The highest BCUT2D eigenvalue weighted by Crippen LogP contribution is 2.63. The third-order valence-electron chi connectivity index (χ3n) is 4.77. The number of aldehydes is 1. The lowest BCUT2D eigenvalue weighted by Crippen LogP contribution is -2.58. The first-order valence-electron chi connectivity index (χ1n) is 5.86. The number of carbonyl (C=O) groups is 1. The van der Waals surface area contributed by atoms with Gasteiger partial charge in [-0.2, -0.15) is 0 Å². The average molecular weight is 208 g/mol. The molecule has 0 aromatic carbocycles. The fraction of sp³-hybridized carbons (Fsp3) is 0.833. The van der Waals surface area contributed by atoms with Gasteiger partial charge < -0.3 is 15.6 Å². The number of carbonyl (C=O) groups excluding carboxylic acids is 1. The Kier molecular flexibility index (Phi) is 1.85. The van der Waals surface area contributed by atoms with E-state index in [1.165, 1.54) is 6.42 Å². The van der Waals surface area contributed by atoms with Crippen LogP contribution in [0.2, 0.25) is 0 Å². The average Bonchev–Trinajstić information content (AvgIpc) is 2.12. The van der Waals surface area contributed by atoms with Crippen LogP contribution in [0.5, 0.6) is 0 Å². The van der Waals surface area contributed by atoms with Crippen molar-refractivity contribution < 1.29 is 9.90 Å². The van der Waals surface area contributed by atoms with E-state index in [0.29, 0.717) is 17.9 Å². The summed E-state index contributed by atoms with van der Waals surface area (Å²) in [6.45, 7) is 0. The third kappa shape index (κ3) is 1.29. The van der Waals surface area contributed by atoms with Gasteiger partial charge in [0.15, 0.2) is 0 Å². The molecule has 0 amide bonds. The Hall–Kier alpha value is -0.410. The molecule has 0 aromatic heterocycles. The fourth-order valence-corrected chi connectivity index (χ4v) is 4.68. The molecule has 4 rings (SSSR count). The number of hydrogen-bond acceptors (Lipinski definition) is 3. The van der Waals surface area contributed by atoms with Gasteiger partial charge in [-0.3, -0.25) is 0 Å². The van der Waals surface area contributed by atoms with Crippen molar-refractivity contribution in [3.05, 3.63) is 6.04 Å². The van der Waals surface area contributed by atoms with Crippen molar-refractivity contribution >= 4 is 6.29 Å². The molecule has 0 saturated heterocycles. The van der Waals surface area contributed by atoms with Gasteiger partial charge in [0, 0.05) is 5.41 Å². The molecule has 4 bridgehead atoms. The van der Waals surface area contributed by atoms with E-state index in [1.54, 1.807) is 0 Å². The Morgan fingerprint density at radius 1 is 1.27 bits per heavy atom. The molecule has 4 fully saturated rings. The Balaban J connectivity index is 1.95. The first-order valence-corrected chi connectivity index (χ1v) is 5.86. The molecule has 3 N–H and O–H groups in total. The van der Waals surface area contributed by atoms with Gasteiger partial charge in [-0.05, 0) is 50.4 Å². The zero-order valence-corrected chi connectivity index (χ0v) is 8.91. The van der Waals surface area contributed by atoms with Gasteiger partial charge in [-0.25, -0.2) is 0 Å². The monoisotopic (exact) mass is 208 g/mol. The van der Waals surface area contributed by atoms with Crippen LogP contribution in [0.15, 0.2) is 0 Å². The molecule has 3 heteroatoms. The standard InChI is InChI=1S/C12H18NO2/c13-10(6-14)11-2-8-1-9(3-11)5-12(15,4-8)7-11/h6,8-9,15H,1-5,7,13H2/t8-,9-,11?,12?/m0/s1. The van der Waals surface area contributed by atoms with Gasteiger partial charge in [-0.1, -0.05) is 0 Å². The van der Waals surface area contributed by atoms with E-state index in [0.717, 1.165) is 38.4 Å². The van der Waals surface area contributed by atoms with Crippen molar-refractivity contribution in [3.8, 4) is 0 Å². The van der Waals surface area contributed by atoms with Crippen molar-refractivity contribution in [3.63, 3.8) is 0 Å². The predicted octanol–water partition coefficient (Wildman–Crippen LogP) is 1.01. The highest BCUT2D eigenvalue weighted by molar-refractivity contribution is 5.69. The molecule has 1 radical (unpaired) electrons. The maximum absolute atomic E-state index is 10.9. The molecular weight excluding hydrogens is 190 g/mol. The molecule has 4 aliphatic rings. The van der Waals surface area contributed by atoms with Crippen LogP contribution in [0.3, 0.4) is 0 Å². The summed E-state index contributed by atoms with van der Waals surface area (Å²) in [5.41, 5.74) is 5.20. The largest absolute Gasteiger partial charge is 0.390 e. The van der Waals surface area contributed by atoms with Crippen molar-refractivity contribution in [2.75, 3.05) is 0 Å². The maximum Gasteiger partial charge on any atom is 0.142 e. The van der Waals surface area contributed by atoms with Crippen LogP contribution in [-0.4, -0.2) is 17.0 Å². The molecule has 0 spiro atoms. The zero-order chi connectivity index (χ0) is 10.7. The van der Waals surface area contributed by atoms with Crippen LogP contribution >= 0.6 is 0 Å². The van der Waals surface area contributed by atoms with Crippen LogP contribution in [-0.2, 0) is 4.79 Å². The zero-order valence-electron chi connectivity index (χ0n) is 8.91. The van der Waals surface area contributed by atoms with Crippen LogP contribution in [0.1, 0.15) is 38.5 Å². The molecule has 4 aliphatic carbocycles. The lowest BCUT2D eigenvalue weighted by Gasteiger charge is -2.61. The summed E-state index contributed by atoms with van der Waals surface area (Å²) in [4.78, 5) is 10.9. The molecule has 2 atom stereocenters. The highest BCUT2D eigenvalue weighted by atomic mass is 16.3. The highest BCUT2D eigenvalue weighted by Gasteiger charge is 2.59. The van der Waals surface area contributed by atoms with Crippen LogP contribution < -0.4 is 5.73 Å². The first kappa shape index (κ1) is 9.79. The second-order valence-electron chi connectivity index (χ2n) is 6.04. The minimum absolute atomic E-state index is 0.152. The Morgan fingerprint density at radius 3 is 2.33 bits per heavy atom. The van der Waals surface area contributed by atoms with Crippen LogP contribution in [0, 0.1) is 23.3 Å². The molecule has 0 aromatic rings. The summed E-state index contributed by atoms with van der Waals surface area (Å²) >= 11 is 0. The molecular formula is C12H18NO2. The van der Waals surface area contributed by atoms with Gasteiger partial charge >= 0.3 is 0 Å². The van der Waals surface area contributed by atoms with Crippen molar-refractivity contribution in [2.45, 2.75) is 44.1 Å². The van der Waals surface area contributed by atoms with E-state index < -0.39 is 5.60 Å². The van der Waals surface area contributed by atoms with Gasteiger partial charge in [-0.15, -0.1) is 0 Å². The van der Waals surface area contributed by atoms with E-state index in [4.69, 9.17) is 5.73 Å². The number of aliphatic hydroxyl groups is 1. The molecule has 0 aliphatic heterocycles. The van der Waals surface area contributed by atoms with Crippen LogP contribution in [0.25, 0.3) is 0 Å². The van der Waals surface area contributed by atoms with Gasteiger partial charge in [0.1, 0.15) is 12.3 Å². The number of hydrogen-bond donors (Lipinski definition) is 2. The summed E-state index contributed by atoms with van der Waals surface area (Å²) in [5, 5.41) is 10.4. The summed E-state index contributed by atoms with van der Waals surface area (Å²) in [6.07, 6.45) is 6.66. The SMILES string of the molecule is N[C](C=O)C12C[C@@H]3C[C@H](CC(O)(C3)C1)C2. The van der Waals surface area contributed by atoms with Gasteiger partial charge in [0.05, 0.1) is 5.60 Å². The lowest BCUT2D eigenvalue weighted by atomic mass is 9.46. The second kappa shape index (κ2) is 2.83. The van der Waals surface area contributed by atoms with Crippen molar-refractivity contribution in [1.29, 1.82) is 0 Å². The Bertz CT molecular complexity index is 288. The summed E-state index contributed by atoms with van der Waals surface area (Å²) in [5.74, 6) is 1.18. The maximum atomic E-state index is 10.9. The minimum Gasteiger partial charge on any atom is -0.390 e. The number of nitrogens with two attached hydrogens (primary N) is 1. The minimum atomic E-state index is -0.516. The molecule has 15 heavy (non-hydrogen) atoms. The first-order chi connectivity index (χ1) is 7.05. The molecule has 3 nitrogen and oxygen atoms in total.